The molecule has 0 saturated carbocycles. The van der Waals surface area contributed by atoms with Gasteiger partial charge in [-0.3, -0.25) is 9.78 Å². The highest BCUT2D eigenvalue weighted by atomic mass is 35.5. The van der Waals surface area contributed by atoms with Crippen LogP contribution in [-0.4, -0.2) is 21.0 Å². The van der Waals surface area contributed by atoms with Crippen molar-refractivity contribution in [2.45, 2.75) is 0 Å². The lowest BCUT2D eigenvalue weighted by molar-refractivity contribution is 0.103. The minimum Gasteiger partial charge on any atom is -0.506 e. The van der Waals surface area contributed by atoms with Gasteiger partial charge in [-0.2, -0.15) is 0 Å². The largest absolute Gasteiger partial charge is 0.506 e. The van der Waals surface area contributed by atoms with E-state index < -0.39 is 5.91 Å². The molecule has 4 aromatic rings. The van der Waals surface area contributed by atoms with E-state index in [4.69, 9.17) is 11.6 Å². The van der Waals surface area contributed by atoms with Crippen LogP contribution in [0, 0.1) is 0 Å². The molecule has 5 nitrogen and oxygen atoms in total. The van der Waals surface area contributed by atoms with Gasteiger partial charge in [-0.15, -0.1) is 11.3 Å². The van der Waals surface area contributed by atoms with Crippen LogP contribution in [0.3, 0.4) is 0 Å². The van der Waals surface area contributed by atoms with Gasteiger partial charge in [0.05, 0.1) is 5.69 Å². The van der Waals surface area contributed by atoms with Crippen molar-refractivity contribution in [2.75, 3.05) is 5.32 Å². The second-order valence-electron chi connectivity index (χ2n) is 5.93. The van der Waals surface area contributed by atoms with Gasteiger partial charge in [0.1, 0.15) is 15.6 Å². The number of pyridine rings is 1. The smallest absolute Gasteiger partial charge is 0.269 e. The molecule has 2 N–H and O–H groups in total. The molecule has 7 heteroatoms. The Morgan fingerprint density at radius 1 is 1.00 bits per heavy atom. The molecule has 2 aromatic carbocycles. The van der Waals surface area contributed by atoms with Crippen molar-refractivity contribution in [2.24, 2.45) is 0 Å². The molecule has 0 fully saturated rings. The molecule has 0 atom stereocenters. The van der Waals surface area contributed by atoms with Gasteiger partial charge in [0, 0.05) is 18.0 Å². The van der Waals surface area contributed by atoms with Crippen LogP contribution in [0.25, 0.3) is 21.7 Å². The summed E-state index contributed by atoms with van der Waals surface area (Å²) in [6, 6.07) is 18.4. The van der Waals surface area contributed by atoms with Crippen molar-refractivity contribution in [3.8, 4) is 27.4 Å². The summed E-state index contributed by atoms with van der Waals surface area (Å²) < 4.78 is 0. The zero-order valence-corrected chi connectivity index (χ0v) is 16.0. The Hall–Kier alpha value is -3.22. The Labute approximate surface area is 170 Å². The lowest BCUT2D eigenvalue weighted by Crippen LogP contribution is -2.11. The normalized spacial score (nSPS) is 10.6. The number of hydrogen-bond donors (Lipinski definition) is 2. The van der Waals surface area contributed by atoms with E-state index in [2.05, 4.69) is 15.3 Å². The fourth-order valence-corrected chi connectivity index (χ4v) is 3.86. The number of carbonyl (C=O) groups excluding carboxylic acids is 1. The first-order valence-corrected chi connectivity index (χ1v) is 9.58. The quantitative estimate of drug-likeness (QED) is 0.439. The summed E-state index contributed by atoms with van der Waals surface area (Å²) in [6.45, 7) is 0. The van der Waals surface area contributed by atoms with E-state index in [9.17, 15) is 9.90 Å². The molecule has 0 saturated heterocycles. The van der Waals surface area contributed by atoms with E-state index in [1.54, 1.807) is 36.7 Å². The third kappa shape index (κ3) is 3.74. The maximum absolute atomic E-state index is 12.7. The number of halogens is 1. The molecule has 0 aliphatic heterocycles. The minimum atomic E-state index is -0.432. The molecule has 0 spiro atoms. The predicted octanol–water partition coefficient (Wildman–Crippen LogP) is 5.48. The number of nitrogens with one attached hydrogen (secondary N) is 1. The van der Waals surface area contributed by atoms with Crippen LogP contribution < -0.4 is 5.32 Å². The standard InChI is InChI=1S/C21H14ClN3O2S/c22-19-18(28-21(25-19)15-7-4-10-23-12-15)20(27)24-16-11-14(8-9-17(16)26)13-5-2-1-3-6-13/h1-12,26H,(H,24,27). The Morgan fingerprint density at radius 2 is 1.79 bits per heavy atom. The maximum atomic E-state index is 12.7. The molecule has 138 valence electrons. The minimum absolute atomic E-state index is 0.0267. The molecule has 4 rings (SSSR count). The van der Waals surface area contributed by atoms with Gasteiger partial charge in [0.2, 0.25) is 0 Å². The van der Waals surface area contributed by atoms with E-state index in [1.165, 1.54) is 11.3 Å². The maximum Gasteiger partial charge on any atom is 0.269 e. The summed E-state index contributed by atoms with van der Waals surface area (Å²) in [5, 5.41) is 13.6. The van der Waals surface area contributed by atoms with E-state index in [1.807, 2.05) is 36.4 Å². The molecule has 2 aromatic heterocycles. The summed E-state index contributed by atoms with van der Waals surface area (Å²) in [7, 11) is 0. The van der Waals surface area contributed by atoms with E-state index in [-0.39, 0.29) is 15.8 Å². The Morgan fingerprint density at radius 3 is 2.54 bits per heavy atom. The van der Waals surface area contributed by atoms with Crippen molar-refractivity contribution in [3.63, 3.8) is 0 Å². The number of hydrogen-bond acceptors (Lipinski definition) is 5. The zero-order valence-electron chi connectivity index (χ0n) is 14.5. The van der Waals surface area contributed by atoms with Crippen molar-refractivity contribution >= 4 is 34.5 Å². The Balaban J connectivity index is 1.62. The van der Waals surface area contributed by atoms with Crippen LogP contribution in [-0.2, 0) is 0 Å². The van der Waals surface area contributed by atoms with Crippen LogP contribution in [0.1, 0.15) is 9.67 Å². The number of thiazole rings is 1. The second-order valence-corrected chi connectivity index (χ2v) is 7.29. The monoisotopic (exact) mass is 407 g/mol. The third-order valence-corrected chi connectivity index (χ3v) is 5.54. The zero-order chi connectivity index (χ0) is 19.5. The highest BCUT2D eigenvalue weighted by Gasteiger charge is 2.19. The molecule has 28 heavy (non-hydrogen) atoms. The third-order valence-electron chi connectivity index (χ3n) is 4.05. The summed E-state index contributed by atoms with van der Waals surface area (Å²) in [5.74, 6) is -0.459. The summed E-state index contributed by atoms with van der Waals surface area (Å²) >= 11 is 7.35. The number of aromatic nitrogens is 2. The van der Waals surface area contributed by atoms with Crippen molar-refractivity contribution in [1.29, 1.82) is 0 Å². The van der Waals surface area contributed by atoms with Gasteiger partial charge in [-0.1, -0.05) is 48.0 Å². The first-order valence-electron chi connectivity index (χ1n) is 8.38. The molecular formula is C21H14ClN3O2S. The highest BCUT2D eigenvalue weighted by molar-refractivity contribution is 7.17. The van der Waals surface area contributed by atoms with Crippen LogP contribution in [0.4, 0.5) is 5.69 Å². The first kappa shape index (κ1) is 18.2. The van der Waals surface area contributed by atoms with Gasteiger partial charge in [-0.25, -0.2) is 4.98 Å². The number of nitrogens with zero attached hydrogens (tertiary/aromatic N) is 2. The van der Waals surface area contributed by atoms with Crippen LogP contribution in [0.15, 0.2) is 73.1 Å². The SMILES string of the molecule is O=C(Nc1cc(-c2ccccc2)ccc1O)c1sc(-c2cccnc2)nc1Cl. The number of anilines is 1. The molecule has 0 radical (unpaired) electrons. The van der Waals surface area contributed by atoms with Crippen molar-refractivity contribution < 1.29 is 9.90 Å². The predicted molar refractivity (Wildman–Crippen MR) is 112 cm³/mol. The fourth-order valence-electron chi connectivity index (χ4n) is 2.68. The van der Waals surface area contributed by atoms with Gasteiger partial charge in [0.15, 0.2) is 5.15 Å². The van der Waals surface area contributed by atoms with Crippen LogP contribution in [0.5, 0.6) is 5.75 Å². The van der Waals surface area contributed by atoms with Gasteiger partial charge in [-0.05, 0) is 35.4 Å². The van der Waals surface area contributed by atoms with Gasteiger partial charge < -0.3 is 10.4 Å². The van der Waals surface area contributed by atoms with Gasteiger partial charge in [0.25, 0.3) is 5.91 Å². The molecule has 0 aliphatic carbocycles. The number of rotatable bonds is 4. The molecule has 0 unspecified atom stereocenters. The van der Waals surface area contributed by atoms with Crippen molar-refractivity contribution in [1.82, 2.24) is 9.97 Å². The van der Waals surface area contributed by atoms with Crippen LogP contribution >= 0.6 is 22.9 Å². The summed E-state index contributed by atoms with van der Waals surface area (Å²) in [6.07, 6.45) is 3.32. The fraction of sp³-hybridized carbons (Fsp3) is 0. The van der Waals surface area contributed by atoms with E-state index in [0.29, 0.717) is 10.7 Å². The average molecular weight is 408 g/mol. The number of phenolic OH excluding ortho intramolecular Hbond substituents is 1. The topological polar surface area (TPSA) is 75.1 Å². The summed E-state index contributed by atoms with van der Waals surface area (Å²) in [5.41, 5.74) is 2.94. The van der Waals surface area contributed by atoms with Crippen LogP contribution in [0.2, 0.25) is 5.15 Å². The average Bonchev–Trinajstić information content (AvgIpc) is 3.13. The summed E-state index contributed by atoms with van der Waals surface area (Å²) in [4.78, 5) is 21.3. The Bertz CT molecular complexity index is 1130. The number of benzene rings is 2. The lowest BCUT2D eigenvalue weighted by atomic mass is 10.0. The van der Waals surface area contributed by atoms with E-state index >= 15 is 0 Å². The number of aromatic hydroxyl groups is 1. The number of amides is 1. The molecule has 0 aliphatic rings. The lowest BCUT2D eigenvalue weighted by Gasteiger charge is -2.09. The molecule has 1 amide bonds. The molecule has 0 bridgehead atoms. The number of carbonyl (C=O) groups is 1. The van der Waals surface area contributed by atoms with Gasteiger partial charge >= 0.3 is 0 Å². The number of phenols is 1. The highest BCUT2D eigenvalue weighted by Crippen LogP contribution is 2.33. The molecule has 2 heterocycles. The first-order chi connectivity index (χ1) is 13.6. The second kappa shape index (κ2) is 7.80. The molecular weight excluding hydrogens is 394 g/mol. The van der Waals surface area contributed by atoms with Crippen molar-refractivity contribution in [3.05, 3.63) is 83.1 Å². The van der Waals surface area contributed by atoms with E-state index in [0.717, 1.165) is 16.7 Å². The Kier molecular flexibility index (Phi) is 5.06.